The number of anilines is 1. The molecule has 1 aliphatic rings. The van der Waals surface area contributed by atoms with E-state index < -0.39 is 0 Å². The van der Waals surface area contributed by atoms with Crippen LogP contribution in [0.25, 0.3) is 0 Å². The van der Waals surface area contributed by atoms with E-state index in [1.165, 1.54) is 5.56 Å². The van der Waals surface area contributed by atoms with Crippen LogP contribution in [0.3, 0.4) is 0 Å². The summed E-state index contributed by atoms with van der Waals surface area (Å²) in [5.41, 5.74) is 7.34. The molecule has 0 spiro atoms. The Morgan fingerprint density at radius 2 is 2.05 bits per heavy atom. The molecular weight excluding hydrogens is 240 g/mol. The molecule has 5 heteroatoms. The van der Waals surface area contributed by atoms with E-state index >= 15 is 0 Å². The topological polar surface area (TPSA) is 61.6 Å². The number of carbonyl (C=O) groups excluding carboxylic acids is 1. The summed E-state index contributed by atoms with van der Waals surface area (Å²) >= 11 is 0. The first kappa shape index (κ1) is 14.0. The van der Waals surface area contributed by atoms with Crippen LogP contribution < -0.4 is 11.1 Å². The number of benzene rings is 1. The lowest BCUT2D eigenvalue weighted by molar-refractivity contribution is -0.114. The van der Waals surface area contributed by atoms with Crippen molar-refractivity contribution < 1.29 is 4.79 Å². The number of hydrogen-bond donors (Lipinski definition) is 2. The van der Waals surface area contributed by atoms with E-state index in [2.05, 4.69) is 28.2 Å². The molecule has 0 aliphatic carbocycles. The van der Waals surface area contributed by atoms with Crippen LogP contribution in [0.15, 0.2) is 24.3 Å². The summed E-state index contributed by atoms with van der Waals surface area (Å²) in [6.45, 7) is 5.36. The van der Waals surface area contributed by atoms with Gasteiger partial charge < -0.3 is 16.0 Å². The summed E-state index contributed by atoms with van der Waals surface area (Å²) in [5.74, 6) is -0.156. The summed E-state index contributed by atoms with van der Waals surface area (Å²) < 4.78 is 0. The summed E-state index contributed by atoms with van der Waals surface area (Å²) in [6.07, 6.45) is 0. The average molecular weight is 262 g/mol. The van der Waals surface area contributed by atoms with Gasteiger partial charge in [0.05, 0.1) is 6.54 Å². The monoisotopic (exact) mass is 262 g/mol. The molecule has 0 unspecified atom stereocenters. The number of nitrogens with one attached hydrogen (secondary N) is 1. The number of rotatable bonds is 4. The number of amides is 1. The molecule has 19 heavy (non-hydrogen) atoms. The Hall–Kier alpha value is -1.43. The van der Waals surface area contributed by atoms with Crippen LogP contribution in [0, 0.1) is 0 Å². The summed E-state index contributed by atoms with van der Waals surface area (Å²) in [7, 11) is 2.15. The lowest BCUT2D eigenvalue weighted by Gasteiger charge is -2.32. The fourth-order valence-corrected chi connectivity index (χ4v) is 2.22. The first-order chi connectivity index (χ1) is 9.17. The Bertz CT molecular complexity index is 427. The van der Waals surface area contributed by atoms with Crippen LogP contribution in [0.5, 0.6) is 0 Å². The summed E-state index contributed by atoms with van der Waals surface area (Å²) in [6, 6.07) is 7.97. The molecule has 0 aromatic heterocycles. The highest BCUT2D eigenvalue weighted by molar-refractivity contribution is 5.92. The van der Waals surface area contributed by atoms with E-state index in [1.54, 1.807) is 0 Å². The molecule has 3 N–H and O–H groups in total. The maximum Gasteiger partial charge on any atom is 0.238 e. The first-order valence-electron chi connectivity index (χ1n) is 6.67. The van der Waals surface area contributed by atoms with Crippen LogP contribution in [-0.2, 0) is 11.3 Å². The third-order valence-electron chi connectivity index (χ3n) is 3.40. The van der Waals surface area contributed by atoms with Crippen LogP contribution in [0.2, 0.25) is 0 Å². The van der Waals surface area contributed by atoms with Crippen molar-refractivity contribution >= 4 is 11.6 Å². The largest absolute Gasteiger partial charge is 0.325 e. The van der Waals surface area contributed by atoms with Gasteiger partial charge in [-0.25, -0.2) is 0 Å². The van der Waals surface area contributed by atoms with Crippen LogP contribution in [0.1, 0.15) is 5.56 Å². The number of nitrogens with two attached hydrogens (primary N) is 1. The molecule has 1 fully saturated rings. The number of carbonyl (C=O) groups is 1. The summed E-state index contributed by atoms with van der Waals surface area (Å²) in [4.78, 5) is 16.0. The van der Waals surface area contributed by atoms with Gasteiger partial charge in [0, 0.05) is 38.4 Å². The van der Waals surface area contributed by atoms with Gasteiger partial charge in [-0.05, 0) is 24.7 Å². The van der Waals surface area contributed by atoms with Crippen molar-refractivity contribution in [2.45, 2.75) is 6.54 Å². The fraction of sp³-hybridized carbons (Fsp3) is 0.500. The Labute approximate surface area is 114 Å². The van der Waals surface area contributed by atoms with E-state index in [0.29, 0.717) is 0 Å². The molecule has 2 rings (SSSR count). The summed E-state index contributed by atoms with van der Waals surface area (Å²) in [5, 5.41) is 2.79. The fourth-order valence-electron chi connectivity index (χ4n) is 2.22. The van der Waals surface area contributed by atoms with E-state index in [4.69, 9.17) is 5.73 Å². The minimum Gasteiger partial charge on any atom is -0.325 e. The van der Waals surface area contributed by atoms with Gasteiger partial charge in [0.15, 0.2) is 0 Å². The number of likely N-dealkylation sites (N-methyl/N-ethyl adjacent to an activating group) is 1. The SMILES string of the molecule is CN1CCN(Cc2cccc(NC(=O)CN)c2)CC1. The van der Waals surface area contributed by atoms with Gasteiger partial charge in [0.25, 0.3) is 0 Å². The Morgan fingerprint density at radius 1 is 1.32 bits per heavy atom. The molecule has 0 saturated carbocycles. The number of nitrogens with zero attached hydrogens (tertiary/aromatic N) is 2. The quantitative estimate of drug-likeness (QED) is 0.821. The Balaban J connectivity index is 1.93. The number of piperazine rings is 1. The van der Waals surface area contributed by atoms with E-state index in [9.17, 15) is 4.79 Å². The van der Waals surface area contributed by atoms with E-state index in [1.807, 2.05) is 18.2 Å². The molecule has 1 amide bonds. The average Bonchev–Trinajstić information content (AvgIpc) is 2.42. The Kier molecular flexibility index (Phi) is 4.90. The van der Waals surface area contributed by atoms with Crippen LogP contribution >= 0.6 is 0 Å². The zero-order valence-corrected chi connectivity index (χ0v) is 11.4. The van der Waals surface area contributed by atoms with E-state index in [-0.39, 0.29) is 12.5 Å². The lowest BCUT2D eigenvalue weighted by Crippen LogP contribution is -2.43. The highest BCUT2D eigenvalue weighted by atomic mass is 16.1. The molecule has 0 bridgehead atoms. The van der Waals surface area contributed by atoms with Gasteiger partial charge in [0.2, 0.25) is 5.91 Å². The second-order valence-corrected chi connectivity index (χ2v) is 5.03. The molecule has 1 aliphatic heterocycles. The maximum absolute atomic E-state index is 11.3. The minimum absolute atomic E-state index is 0.0166. The molecule has 0 radical (unpaired) electrons. The maximum atomic E-state index is 11.3. The van der Waals surface area contributed by atoms with Gasteiger partial charge in [-0.2, -0.15) is 0 Å². The second kappa shape index (κ2) is 6.65. The smallest absolute Gasteiger partial charge is 0.238 e. The van der Waals surface area contributed by atoms with Crippen LogP contribution in [0.4, 0.5) is 5.69 Å². The molecule has 1 saturated heterocycles. The van der Waals surface area contributed by atoms with Crippen molar-refractivity contribution in [2.75, 3.05) is 45.1 Å². The van der Waals surface area contributed by atoms with Gasteiger partial charge in [-0.1, -0.05) is 12.1 Å². The third kappa shape index (κ3) is 4.31. The molecule has 0 atom stereocenters. The lowest BCUT2D eigenvalue weighted by atomic mass is 10.1. The first-order valence-corrected chi connectivity index (χ1v) is 6.67. The Morgan fingerprint density at radius 3 is 2.74 bits per heavy atom. The predicted molar refractivity (Wildman–Crippen MR) is 76.9 cm³/mol. The molecule has 1 aromatic carbocycles. The van der Waals surface area contributed by atoms with Crippen molar-refractivity contribution in [1.82, 2.24) is 9.80 Å². The molecule has 104 valence electrons. The van der Waals surface area contributed by atoms with Crippen molar-refractivity contribution in [1.29, 1.82) is 0 Å². The van der Waals surface area contributed by atoms with Crippen molar-refractivity contribution in [3.63, 3.8) is 0 Å². The molecule has 1 aromatic rings. The predicted octanol–water partition coefficient (Wildman–Crippen LogP) is 0.331. The molecule has 5 nitrogen and oxygen atoms in total. The standard InChI is InChI=1S/C14H22N4O/c1-17-5-7-18(8-6-17)11-12-3-2-4-13(9-12)16-14(19)10-15/h2-4,9H,5-8,10-11,15H2,1H3,(H,16,19). The van der Waals surface area contributed by atoms with Gasteiger partial charge >= 0.3 is 0 Å². The normalized spacial score (nSPS) is 17.4. The second-order valence-electron chi connectivity index (χ2n) is 5.03. The third-order valence-corrected chi connectivity index (χ3v) is 3.40. The highest BCUT2D eigenvalue weighted by Crippen LogP contribution is 2.13. The minimum atomic E-state index is -0.156. The molecular formula is C14H22N4O. The zero-order valence-electron chi connectivity index (χ0n) is 11.4. The molecule has 1 heterocycles. The van der Waals surface area contributed by atoms with Gasteiger partial charge in [-0.3, -0.25) is 9.69 Å². The highest BCUT2D eigenvalue weighted by Gasteiger charge is 2.13. The van der Waals surface area contributed by atoms with Gasteiger partial charge in [0.1, 0.15) is 0 Å². The van der Waals surface area contributed by atoms with E-state index in [0.717, 1.165) is 38.4 Å². The van der Waals surface area contributed by atoms with Gasteiger partial charge in [-0.15, -0.1) is 0 Å². The zero-order chi connectivity index (χ0) is 13.7. The number of hydrogen-bond acceptors (Lipinski definition) is 4. The van der Waals surface area contributed by atoms with Crippen LogP contribution in [-0.4, -0.2) is 55.5 Å². The van der Waals surface area contributed by atoms with Crippen molar-refractivity contribution in [3.8, 4) is 0 Å². The van der Waals surface area contributed by atoms with Crippen molar-refractivity contribution in [3.05, 3.63) is 29.8 Å². The van der Waals surface area contributed by atoms with Crippen molar-refractivity contribution in [2.24, 2.45) is 5.73 Å².